The first-order chi connectivity index (χ1) is 6.77. The third kappa shape index (κ3) is 2.80. The summed E-state index contributed by atoms with van der Waals surface area (Å²) >= 11 is 0. The van der Waals surface area contributed by atoms with Gasteiger partial charge in [0.1, 0.15) is 0 Å². The van der Waals surface area contributed by atoms with Crippen LogP contribution in [0.15, 0.2) is 30.5 Å². The van der Waals surface area contributed by atoms with E-state index in [1.165, 1.54) is 0 Å². The molecule has 2 N–H and O–H groups in total. The van der Waals surface area contributed by atoms with Crippen LogP contribution in [0.2, 0.25) is 0 Å². The largest absolute Gasteiger partial charge is 0.479 e. The fourth-order valence-electron chi connectivity index (χ4n) is 0.962. The van der Waals surface area contributed by atoms with Crippen LogP contribution in [0, 0.1) is 0 Å². The summed E-state index contributed by atoms with van der Waals surface area (Å²) in [5.74, 6) is 0. The highest BCUT2D eigenvalue weighted by Gasteiger charge is 1.94. The van der Waals surface area contributed by atoms with Gasteiger partial charge in [0.25, 0.3) is 0 Å². The Bertz CT molecular complexity index is 436. The number of fused-ring (bicyclic) bond motifs is 1. The maximum absolute atomic E-state index is 8.91. The number of rotatable bonds is 0. The summed E-state index contributed by atoms with van der Waals surface area (Å²) in [5, 5.41) is 9.84. The molecule has 0 fully saturated rings. The van der Waals surface area contributed by atoms with E-state index in [0.717, 1.165) is 10.9 Å². The second-order valence-electron chi connectivity index (χ2n) is 2.33. The normalized spacial score (nSPS) is 10.1. The Morgan fingerprint density at radius 3 is 2.64 bits per heavy atom. The maximum Gasteiger partial charge on any atom is 0.314 e. The molecule has 1 aromatic carbocycles. The number of aromatic nitrogens is 2. The van der Waals surface area contributed by atoms with Crippen molar-refractivity contribution in [1.82, 2.24) is 9.97 Å². The lowest BCUT2D eigenvalue weighted by Gasteiger charge is -1.93. The molecular formula is C8H9N2O3P. The highest BCUT2D eigenvalue weighted by molar-refractivity contribution is 7.16. The van der Waals surface area contributed by atoms with Crippen LogP contribution in [0.4, 0.5) is 0 Å². The van der Waals surface area contributed by atoms with Crippen molar-refractivity contribution in [2.45, 2.75) is 0 Å². The van der Waals surface area contributed by atoms with E-state index in [1.54, 1.807) is 6.20 Å². The zero-order chi connectivity index (χ0) is 10.4. The number of benzene rings is 1. The Morgan fingerprint density at radius 1 is 1.29 bits per heavy atom. The third-order valence-corrected chi connectivity index (χ3v) is 1.48. The van der Waals surface area contributed by atoms with Crippen molar-refractivity contribution in [2.75, 3.05) is 0 Å². The van der Waals surface area contributed by atoms with Crippen molar-refractivity contribution >= 4 is 19.6 Å². The maximum atomic E-state index is 8.91. The van der Waals surface area contributed by atoms with E-state index in [-0.39, 0.29) is 6.01 Å². The second-order valence-corrected chi connectivity index (χ2v) is 2.55. The number of aromatic hydroxyl groups is 1. The highest BCUT2D eigenvalue weighted by Crippen LogP contribution is 2.11. The molecule has 1 unspecified atom stereocenters. The predicted octanol–water partition coefficient (Wildman–Crippen LogP) is 0.985. The molecule has 1 heterocycles. The molecule has 1 atom stereocenters. The van der Waals surface area contributed by atoms with Crippen LogP contribution in [0.25, 0.3) is 10.9 Å². The van der Waals surface area contributed by atoms with Gasteiger partial charge in [-0.3, -0.25) is 4.57 Å². The number of para-hydroxylation sites is 1. The summed E-state index contributed by atoms with van der Waals surface area (Å²) in [7, 11) is -1.50. The molecule has 74 valence electrons. The minimum atomic E-state index is -1.50. The molecule has 0 amide bonds. The van der Waals surface area contributed by atoms with Crippen LogP contribution < -0.4 is 0 Å². The van der Waals surface area contributed by atoms with Crippen LogP contribution in [-0.2, 0) is 4.57 Å². The van der Waals surface area contributed by atoms with Gasteiger partial charge >= 0.3 is 6.01 Å². The van der Waals surface area contributed by atoms with Crippen LogP contribution in [0.5, 0.6) is 6.01 Å². The second kappa shape index (κ2) is 5.32. The predicted molar refractivity (Wildman–Crippen MR) is 53.8 cm³/mol. The standard InChI is InChI=1S/C8H6N2O.H3O2P/c11-8-9-5-6-3-1-2-4-7(6)10-8;1-3-2/h1-5H,(H,9,10,11);3H2,(H,1,2). The molecule has 0 spiro atoms. The zero-order valence-corrected chi connectivity index (χ0v) is 8.32. The number of hydrogen-bond acceptors (Lipinski definition) is 4. The molecule has 0 aliphatic rings. The summed E-state index contributed by atoms with van der Waals surface area (Å²) in [6, 6.07) is 7.33. The SMILES string of the molecule is O=[PH2]O.Oc1ncc2ccccc2n1. The van der Waals surface area contributed by atoms with E-state index in [2.05, 4.69) is 9.97 Å². The van der Waals surface area contributed by atoms with E-state index in [1.807, 2.05) is 24.3 Å². The van der Waals surface area contributed by atoms with Gasteiger partial charge in [-0.25, -0.2) is 4.98 Å². The number of nitrogens with zero attached hydrogens (tertiary/aromatic N) is 2. The molecule has 2 rings (SSSR count). The van der Waals surface area contributed by atoms with Gasteiger partial charge in [-0.15, -0.1) is 0 Å². The van der Waals surface area contributed by atoms with Crippen LogP contribution in [0.1, 0.15) is 0 Å². The van der Waals surface area contributed by atoms with Crippen molar-refractivity contribution in [1.29, 1.82) is 0 Å². The molecule has 1 aromatic heterocycles. The van der Waals surface area contributed by atoms with Crippen molar-refractivity contribution in [3.05, 3.63) is 30.5 Å². The number of hydrogen-bond donors (Lipinski definition) is 2. The van der Waals surface area contributed by atoms with Gasteiger partial charge in [0.15, 0.2) is 8.69 Å². The molecule has 5 nitrogen and oxygen atoms in total. The van der Waals surface area contributed by atoms with Crippen molar-refractivity contribution < 1.29 is 14.6 Å². The minimum Gasteiger partial charge on any atom is -0.479 e. The summed E-state index contributed by atoms with van der Waals surface area (Å²) in [4.78, 5) is 14.6. The van der Waals surface area contributed by atoms with Gasteiger partial charge in [-0.1, -0.05) is 18.2 Å². The van der Waals surface area contributed by atoms with Crippen molar-refractivity contribution in [2.24, 2.45) is 0 Å². The fraction of sp³-hybridized carbons (Fsp3) is 0. The quantitative estimate of drug-likeness (QED) is 0.636. The van der Waals surface area contributed by atoms with Crippen molar-refractivity contribution in [3.8, 4) is 6.01 Å². The van der Waals surface area contributed by atoms with Gasteiger partial charge < -0.3 is 10.00 Å². The molecule has 0 saturated carbocycles. The minimum absolute atomic E-state index is 0.177. The lowest BCUT2D eigenvalue weighted by Crippen LogP contribution is -1.81. The average Bonchev–Trinajstić information content (AvgIpc) is 2.19. The molecule has 0 saturated heterocycles. The Kier molecular flexibility index (Phi) is 4.04. The van der Waals surface area contributed by atoms with Crippen LogP contribution in [0.3, 0.4) is 0 Å². The first-order valence-corrected chi connectivity index (χ1v) is 4.75. The molecule has 0 radical (unpaired) electrons. The van der Waals surface area contributed by atoms with E-state index >= 15 is 0 Å². The Hall–Kier alpha value is -1.45. The first kappa shape index (κ1) is 10.6. The average molecular weight is 212 g/mol. The van der Waals surface area contributed by atoms with Gasteiger partial charge in [-0.2, -0.15) is 4.98 Å². The zero-order valence-electron chi connectivity index (χ0n) is 7.16. The van der Waals surface area contributed by atoms with Crippen molar-refractivity contribution in [3.63, 3.8) is 0 Å². The van der Waals surface area contributed by atoms with E-state index in [0.29, 0.717) is 0 Å². The lowest BCUT2D eigenvalue weighted by atomic mass is 10.2. The molecule has 0 aliphatic heterocycles. The topological polar surface area (TPSA) is 83.3 Å². The summed E-state index contributed by atoms with van der Waals surface area (Å²) < 4.78 is 8.57. The van der Waals surface area contributed by atoms with Crippen LogP contribution in [-0.4, -0.2) is 20.0 Å². The smallest absolute Gasteiger partial charge is 0.314 e. The molecule has 14 heavy (non-hydrogen) atoms. The Labute approximate surface area is 81.4 Å². The molecular weight excluding hydrogens is 203 g/mol. The lowest BCUT2D eigenvalue weighted by molar-refractivity contribution is 0.433. The molecule has 2 aromatic rings. The van der Waals surface area contributed by atoms with Gasteiger partial charge in [0.2, 0.25) is 0 Å². The van der Waals surface area contributed by atoms with Gasteiger partial charge in [0.05, 0.1) is 5.52 Å². The fourth-order valence-corrected chi connectivity index (χ4v) is 0.962. The molecule has 6 heteroatoms. The van der Waals surface area contributed by atoms with E-state index in [9.17, 15) is 0 Å². The third-order valence-electron chi connectivity index (χ3n) is 1.48. The summed E-state index contributed by atoms with van der Waals surface area (Å²) in [6.07, 6.45) is 1.59. The van der Waals surface area contributed by atoms with E-state index in [4.69, 9.17) is 14.6 Å². The monoisotopic (exact) mass is 212 g/mol. The first-order valence-electron chi connectivity index (χ1n) is 3.76. The Balaban J connectivity index is 0.000000293. The molecule has 0 aliphatic carbocycles. The van der Waals surface area contributed by atoms with Crippen LogP contribution >= 0.6 is 8.69 Å². The van der Waals surface area contributed by atoms with Gasteiger partial charge in [-0.05, 0) is 6.07 Å². The Morgan fingerprint density at radius 2 is 1.93 bits per heavy atom. The summed E-state index contributed by atoms with van der Waals surface area (Å²) in [5.41, 5.74) is 0.764. The van der Waals surface area contributed by atoms with E-state index < -0.39 is 8.69 Å². The highest BCUT2D eigenvalue weighted by atomic mass is 31.1. The van der Waals surface area contributed by atoms with Gasteiger partial charge in [0, 0.05) is 11.6 Å². The summed E-state index contributed by atoms with van der Waals surface area (Å²) in [6.45, 7) is 0. The molecule has 0 bridgehead atoms.